The van der Waals surface area contributed by atoms with Crippen molar-refractivity contribution in [3.63, 3.8) is 0 Å². The number of allylic oxidation sites excluding steroid dienone is 1. The number of carboxylic acid groups (broad SMARTS) is 1. The van der Waals surface area contributed by atoms with Crippen molar-refractivity contribution in [3.05, 3.63) is 83.3 Å². The first-order valence-electron chi connectivity index (χ1n) is 7.74. The van der Waals surface area contributed by atoms with E-state index in [0.717, 1.165) is 22.3 Å². The van der Waals surface area contributed by atoms with Crippen molar-refractivity contribution in [2.24, 2.45) is 0 Å². The van der Waals surface area contributed by atoms with Crippen LogP contribution in [0.3, 0.4) is 0 Å². The van der Waals surface area contributed by atoms with E-state index in [1.165, 1.54) is 0 Å². The molecule has 0 unspecified atom stereocenters. The SMILES string of the molecule is C=C(c1cccnc1)N(Cc1ccccc1C)C(C(=O)O)=C(C)C. The van der Waals surface area contributed by atoms with Crippen LogP contribution in [0.5, 0.6) is 0 Å². The molecule has 2 aromatic rings. The Morgan fingerprint density at radius 3 is 2.46 bits per heavy atom. The zero-order valence-corrected chi connectivity index (χ0v) is 14.3. The second kappa shape index (κ2) is 7.59. The number of rotatable bonds is 6. The number of hydrogen-bond acceptors (Lipinski definition) is 3. The second-order valence-electron chi connectivity index (χ2n) is 5.85. The lowest BCUT2D eigenvalue weighted by atomic mass is 10.1. The fourth-order valence-corrected chi connectivity index (χ4v) is 2.56. The highest BCUT2D eigenvalue weighted by Gasteiger charge is 2.22. The van der Waals surface area contributed by atoms with Crippen LogP contribution in [0.1, 0.15) is 30.5 Å². The molecule has 0 aliphatic carbocycles. The molecule has 24 heavy (non-hydrogen) atoms. The molecule has 1 N–H and O–H groups in total. The molecule has 1 aromatic carbocycles. The second-order valence-corrected chi connectivity index (χ2v) is 5.85. The van der Waals surface area contributed by atoms with E-state index >= 15 is 0 Å². The van der Waals surface area contributed by atoms with Crippen molar-refractivity contribution < 1.29 is 9.90 Å². The van der Waals surface area contributed by atoms with E-state index in [9.17, 15) is 9.90 Å². The Kier molecular flexibility index (Phi) is 5.53. The lowest BCUT2D eigenvalue weighted by molar-refractivity contribution is -0.134. The van der Waals surface area contributed by atoms with Gasteiger partial charge in [-0.3, -0.25) is 4.98 Å². The molecule has 124 valence electrons. The number of carboxylic acids is 1. The van der Waals surface area contributed by atoms with E-state index in [0.29, 0.717) is 12.2 Å². The quantitative estimate of drug-likeness (QED) is 0.808. The van der Waals surface area contributed by atoms with Gasteiger partial charge in [0.05, 0.1) is 0 Å². The number of carbonyl (C=O) groups is 1. The predicted octanol–water partition coefficient (Wildman–Crippen LogP) is 4.24. The normalized spacial score (nSPS) is 10.1. The summed E-state index contributed by atoms with van der Waals surface area (Å²) >= 11 is 0. The molecule has 0 amide bonds. The maximum atomic E-state index is 11.8. The van der Waals surface area contributed by atoms with Gasteiger partial charge in [0.1, 0.15) is 5.70 Å². The molecule has 0 spiro atoms. The Morgan fingerprint density at radius 1 is 1.21 bits per heavy atom. The highest BCUT2D eigenvalue weighted by Crippen LogP contribution is 2.27. The Bertz CT molecular complexity index is 775. The molecule has 4 heteroatoms. The molecular weight excluding hydrogens is 300 g/mol. The van der Waals surface area contributed by atoms with E-state index in [2.05, 4.69) is 11.6 Å². The predicted molar refractivity (Wildman–Crippen MR) is 96.0 cm³/mol. The summed E-state index contributed by atoms with van der Waals surface area (Å²) in [5.74, 6) is -0.964. The summed E-state index contributed by atoms with van der Waals surface area (Å²) in [6.07, 6.45) is 3.37. The summed E-state index contributed by atoms with van der Waals surface area (Å²) in [6.45, 7) is 10.2. The molecular formula is C20H22N2O2. The van der Waals surface area contributed by atoms with E-state index in [1.54, 1.807) is 31.1 Å². The summed E-state index contributed by atoms with van der Waals surface area (Å²) in [7, 11) is 0. The monoisotopic (exact) mass is 322 g/mol. The Hall–Kier alpha value is -2.88. The number of aryl methyl sites for hydroxylation is 1. The van der Waals surface area contributed by atoms with Gasteiger partial charge in [0.15, 0.2) is 0 Å². The highest BCUT2D eigenvalue weighted by molar-refractivity contribution is 5.89. The van der Waals surface area contributed by atoms with Gasteiger partial charge in [-0.25, -0.2) is 4.79 Å². The first-order valence-corrected chi connectivity index (χ1v) is 7.74. The average molecular weight is 322 g/mol. The Morgan fingerprint density at radius 2 is 1.92 bits per heavy atom. The van der Waals surface area contributed by atoms with Crippen LogP contribution in [-0.4, -0.2) is 21.0 Å². The number of aliphatic carboxylic acids is 1. The van der Waals surface area contributed by atoms with Gasteiger partial charge in [0.25, 0.3) is 0 Å². The maximum Gasteiger partial charge on any atom is 0.352 e. The fourth-order valence-electron chi connectivity index (χ4n) is 2.56. The third kappa shape index (κ3) is 3.90. The molecule has 1 heterocycles. The molecule has 0 saturated carbocycles. The van der Waals surface area contributed by atoms with Crippen LogP contribution in [0.2, 0.25) is 0 Å². The van der Waals surface area contributed by atoms with E-state index in [-0.39, 0.29) is 5.70 Å². The third-order valence-corrected chi connectivity index (χ3v) is 3.86. The molecule has 0 radical (unpaired) electrons. The van der Waals surface area contributed by atoms with Crippen LogP contribution < -0.4 is 0 Å². The van der Waals surface area contributed by atoms with Crippen molar-refractivity contribution in [2.75, 3.05) is 0 Å². The first-order chi connectivity index (χ1) is 11.4. The standard InChI is InChI=1S/C20H22N2O2/c1-14(2)19(20(23)24)22(13-18-9-6-5-8-15(18)3)16(4)17-10-7-11-21-12-17/h5-12H,4,13H2,1-3H3,(H,23,24). The fraction of sp³-hybridized carbons (Fsp3) is 0.200. The number of nitrogens with zero attached hydrogens (tertiary/aromatic N) is 2. The molecule has 0 bridgehead atoms. The highest BCUT2D eigenvalue weighted by atomic mass is 16.4. The van der Waals surface area contributed by atoms with E-state index < -0.39 is 5.97 Å². The average Bonchev–Trinajstić information content (AvgIpc) is 2.55. The molecule has 0 fully saturated rings. The first kappa shape index (κ1) is 17.5. The molecule has 0 aliphatic rings. The van der Waals surface area contributed by atoms with Gasteiger partial charge >= 0.3 is 5.97 Å². The van der Waals surface area contributed by atoms with Crippen LogP contribution in [0.15, 0.2) is 66.6 Å². The van der Waals surface area contributed by atoms with Crippen LogP contribution in [0.25, 0.3) is 5.70 Å². The minimum Gasteiger partial charge on any atom is -0.477 e. The van der Waals surface area contributed by atoms with Crippen molar-refractivity contribution in [2.45, 2.75) is 27.3 Å². The third-order valence-electron chi connectivity index (χ3n) is 3.86. The number of aromatic nitrogens is 1. The number of hydrogen-bond donors (Lipinski definition) is 1. The Balaban J connectivity index is 2.50. The smallest absolute Gasteiger partial charge is 0.352 e. The summed E-state index contributed by atoms with van der Waals surface area (Å²) in [6, 6.07) is 11.6. The van der Waals surface area contributed by atoms with Gasteiger partial charge in [-0.05, 0) is 49.6 Å². The van der Waals surface area contributed by atoms with E-state index in [1.807, 2.05) is 43.3 Å². The van der Waals surface area contributed by atoms with Gasteiger partial charge in [-0.15, -0.1) is 0 Å². The molecule has 0 aliphatic heterocycles. The molecule has 1 aromatic heterocycles. The van der Waals surface area contributed by atoms with E-state index in [4.69, 9.17) is 0 Å². The summed E-state index contributed by atoms with van der Waals surface area (Å²) < 4.78 is 0. The van der Waals surface area contributed by atoms with Crippen LogP contribution >= 0.6 is 0 Å². The van der Waals surface area contributed by atoms with Gasteiger partial charge in [0, 0.05) is 30.2 Å². The zero-order valence-electron chi connectivity index (χ0n) is 14.3. The summed E-state index contributed by atoms with van der Waals surface area (Å²) in [5, 5.41) is 9.70. The Labute approximate surface area is 142 Å². The topological polar surface area (TPSA) is 53.4 Å². The zero-order chi connectivity index (χ0) is 17.7. The molecule has 0 atom stereocenters. The number of pyridine rings is 1. The minimum atomic E-state index is -0.964. The number of benzene rings is 1. The van der Waals surface area contributed by atoms with Gasteiger partial charge in [-0.2, -0.15) is 0 Å². The van der Waals surface area contributed by atoms with Crippen molar-refractivity contribution in [3.8, 4) is 0 Å². The lowest BCUT2D eigenvalue weighted by Gasteiger charge is -2.29. The molecule has 2 rings (SSSR count). The summed E-state index contributed by atoms with van der Waals surface area (Å²) in [4.78, 5) is 17.7. The van der Waals surface area contributed by atoms with Crippen LogP contribution in [0.4, 0.5) is 0 Å². The van der Waals surface area contributed by atoms with Crippen molar-refractivity contribution in [1.29, 1.82) is 0 Å². The van der Waals surface area contributed by atoms with Crippen LogP contribution in [0, 0.1) is 6.92 Å². The van der Waals surface area contributed by atoms with Gasteiger partial charge in [-0.1, -0.05) is 30.8 Å². The largest absolute Gasteiger partial charge is 0.477 e. The summed E-state index contributed by atoms with van der Waals surface area (Å²) in [5.41, 5.74) is 4.55. The lowest BCUT2D eigenvalue weighted by Crippen LogP contribution is -2.27. The minimum absolute atomic E-state index is 0.243. The van der Waals surface area contributed by atoms with Crippen molar-refractivity contribution in [1.82, 2.24) is 9.88 Å². The van der Waals surface area contributed by atoms with Crippen molar-refractivity contribution >= 4 is 11.7 Å². The van der Waals surface area contributed by atoms with Gasteiger partial charge in [0.2, 0.25) is 0 Å². The molecule has 0 saturated heterocycles. The molecule has 4 nitrogen and oxygen atoms in total. The maximum absolute atomic E-state index is 11.8. The van der Waals surface area contributed by atoms with Crippen LogP contribution in [-0.2, 0) is 11.3 Å². The van der Waals surface area contributed by atoms with Gasteiger partial charge < -0.3 is 10.0 Å².